The smallest absolute Gasteiger partial charge is 0.191 e. The summed E-state index contributed by atoms with van der Waals surface area (Å²) in [5.41, 5.74) is 2.12. The van der Waals surface area contributed by atoms with Crippen molar-refractivity contribution in [2.75, 3.05) is 32.0 Å². The van der Waals surface area contributed by atoms with Crippen molar-refractivity contribution >= 4 is 34.3 Å². The van der Waals surface area contributed by atoms with Crippen molar-refractivity contribution in [1.82, 2.24) is 20.6 Å². The maximum atomic E-state index is 5.80. The molecule has 27 heavy (non-hydrogen) atoms. The molecule has 0 fully saturated rings. The lowest BCUT2D eigenvalue weighted by atomic mass is 10.2. The number of benzene rings is 1. The van der Waals surface area contributed by atoms with E-state index in [1.807, 2.05) is 30.3 Å². The first kappa shape index (κ1) is 18.9. The van der Waals surface area contributed by atoms with Gasteiger partial charge in [-0.15, -0.1) is 0 Å². The number of para-hydroxylation sites is 1. The lowest BCUT2D eigenvalue weighted by molar-refractivity contribution is 0.796. The highest BCUT2D eigenvalue weighted by molar-refractivity contribution is 6.29. The molecule has 0 saturated heterocycles. The van der Waals surface area contributed by atoms with Gasteiger partial charge in [0, 0.05) is 38.3 Å². The number of nitrogens with one attached hydrogen (secondary N) is 3. The van der Waals surface area contributed by atoms with E-state index in [0.29, 0.717) is 5.15 Å². The van der Waals surface area contributed by atoms with E-state index in [0.717, 1.165) is 54.3 Å². The maximum absolute atomic E-state index is 5.80. The van der Waals surface area contributed by atoms with Gasteiger partial charge in [0.05, 0.1) is 5.52 Å². The van der Waals surface area contributed by atoms with Gasteiger partial charge < -0.3 is 16.0 Å². The molecule has 0 aliphatic rings. The van der Waals surface area contributed by atoms with E-state index < -0.39 is 0 Å². The van der Waals surface area contributed by atoms with Gasteiger partial charge in [0.15, 0.2) is 5.96 Å². The average Bonchev–Trinajstić information content (AvgIpc) is 2.71. The van der Waals surface area contributed by atoms with Crippen LogP contribution in [0.1, 0.15) is 5.56 Å². The minimum absolute atomic E-state index is 0.512. The lowest BCUT2D eigenvalue weighted by Crippen LogP contribution is -2.40. The molecule has 7 heteroatoms. The minimum atomic E-state index is 0.512. The standard InChI is InChI=1S/C20H23ClN6/c1-22-20(24-11-10-15-6-8-18(21)26-14-15)25-13-12-23-19-9-7-16-4-2-3-5-17(16)27-19/h2-9,14H,10-13H2,1H3,(H,23,27)(H2,22,24,25). The molecule has 3 N–H and O–H groups in total. The third-order valence-electron chi connectivity index (χ3n) is 4.04. The number of rotatable bonds is 7. The molecule has 3 aromatic rings. The van der Waals surface area contributed by atoms with E-state index in [1.54, 1.807) is 19.3 Å². The van der Waals surface area contributed by atoms with E-state index in [2.05, 4.69) is 43.0 Å². The summed E-state index contributed by atoms with van der Waals surface area (Å²) >= 11 is 5.80. The fourth-order valence-corrected chi connectivity index (χ4v) is 2.75. The highest BCUT2D eigenvalue weighted by atomic mass is 35.5. The molecule has 0 spiro atoms. The van der Waals surface area contributed by atoms with Crippen LogP contribution in [0.2, 0.25) is 5.15 Å². The summed E-state index contributed by atoms with van der Waals surface area (Å²) in [6, 6.07) is 15.9. The molecular formula is C20H23ClN6. The summed E-state index contributed by atoms with van der Waals surface area (Å²) in [4.78, 5) is 12.9. The highest BCUT2D eigenvalue weighted by Crippen LogP contribution is 2.14. The Morgan fingerprint density at radius 3 is 2.67 bits per heavy atom. The zero-order chi connectivity index (χ0) is 18.9. The van der Waals surface area contributed by atoms with Crippen LogP contribution in [0.5, 0.6) is 0 Å². The van der Waals surface area contributed by atoms with Gasteiger partial charge in [-0.3, -0.25) is 4.99 Å². The Hall–Kier alpha value is -2.86. The number of pyridine rings is 2. The summed E-state index contributed by atoms with van der Waals surface area (Å²) in [7, 11) is 1.76. The highest BCUT2D eigenvalue weighted by Gasteiger charge is 2.00. The summed E-state index contributed by atoms with van der Waals surface area (Å²) in [6.45, 7) is 2.24. The molecule has 0 atom stereocenters. The Morgan fingerprint density at radius 1 is 1.00 bits per heavy atom. The predicted molar refractivity (Wildman–Crippen MR) is 113 cm³/mol. The van der Waals surface area contributed by atoms with Crippen molar-refractivity contribution < 1.29 is 0 Å². The molecule has 2 aromatic heterocycles. The van der Waals surface area contributed by atoms with Gasteiger partial charge in [0.2, 0.25) is 0 Å². The molecule has 1 aromatic carbocycles. The molecule has 0 aliphatic heterocycles. The van der Waals surface area contributed by atoms with Gasteiger partial charge in [-0.25, -0.2) is 9.97 Å². The molecule has 0 bridgehead atoms. The third kappa shape index (κ3) is 5.82. The largest absolute Gasteiger partial charge is 0.368 e. The second-order valence-electron chi connectivity index (χ2n) is 5.98. The predicted octanol–water partition coefficient (Wildman–Crippen LogP) is 3.10. The van der Waals surface area contributed by atoms with Crippen molar-refractivity contribution in [2.45, 2.75) is 6.42 Å². The molecule has 2 heterocycles. The third-order valence-corrected chi connectivity index (χ3v) is 4.26. The molecule has 0 amide bonds. The monoisotopic (exact) mass is 382 g/mol. The first-order valence-electron chi connectivity index (χ1n) is 8.89. The van der Waals surface area contributed by atoms with Crippen LogP contribution in [0.4, 0.5) is 5.82 Å². The summed E-state index contributed by atoms with van der Waals surface area (Å²) < 4.78 is 0. The molecule has 0 saturated carbocycles. The van der Waals surface area contributed by atoms with Crippen LogP contribution in [0.25, 0.3) is 10.9 Å². The summed E-state index contributed by atoms with van der Waals surface area (Å²) in [6.07, 6.45) is 2.64. The first-order chi connectivity index (χ1) is 13.2. The molecule has 0 radical (unpaired) electrons. The number of aromatic nitrogens is 2. The number of hydrogen-bond acceptors (Lipinski definition) is 4. The van der Waals surface area contributed by atoms with E-state index in [1.165, 1.54) is 0 Å². The minimum Gasteiger partial charge on any atom is -0.368 e. The molecular weight excluding hydrogens is 360 g/mol. The Bertz CT molecular complexity index is 894. The van der Waals surface area contributed by atoms with E-state index >= 15 is 0 Å². The summed E-state index contributed by atoms with van der Waals surface area (Å²) in [5, 5.41) is 11.6. The van der Waals surface area contributed by atoms with Crippen molar-refractivity contribution in [2.24, 2.45) is 4.99 Å². The van der Waals surface area contributed by atoms with Crippen LogP contribution in [-0.4, -0.2) is 42.6 Å². The number of nitrogens with zero attached hydrogens (tertiary/aromatic N) is 3. The number of fused-ring (bicyclic) bond motifs is 1. The Kier molecular flexibility index (Phi) is 6.82. The van der Waals surface area contributed by atoms with Crippen LogP contribution in [-0.2, 0) is 6.42 Å². The molecule has 6 nitrogen and oxygen atoms in total. The average molecular weight is 383 g/mol. The van der Waals surface area contributed by atoms with Gasteiger partial charge >= 0.3 is 0 Å². The van der Waals surface area contributed by atoms with Gasteiger partial charge in [-0.2, -0.15) is 0 Å². The van der Waals surface area contributed by atoms with E-state index in [-0.39, 0.29) is 0 Å². The number of hydrogen-bond donors (Lipinski definition) is 3. The lowest BCUT2D eigenvalue weighted by Gasteiger charge is -2.12. The Morgan fingerprint density at radius 2 is 1.85 bits per heavy atom. The number of aliphatic imine (C=N–C) groups is 1. The summed E-state index contributed by atoms with van der Waals surface area (Å²) in [5.74, 6) is 1.64. The first-order valence-corrected chi connectivity index (χ1v) is 9.27. The van der Waals surface area contributed by atoms with Crippen LogP contribution in [0, 0.1) is 0 Å². The van der Waals surface area contributed by atoms with Crippen LogP contribution in [0.3, 0.4) is 0 Å². The molecule has 3 rings (SSSR count). The van der Waals surface area contributed by atoms with Crippen LogP contribution < -0.4 is 16.0 Å². The van der Waals surface area contributed by atoms with Gasteiger partial charge in [0.25, 0.3) is 0 Å². The quantitative estimate of drug-likeness (QED) is 0.253. The van der Waals surface area contributed by atoms with Crippen LogP contribution >= 0.6 is 11.6 Å². The number of guanidine groups is 1. The zero-order valence-electron chi connectivity index (χ0n) is 15.2. The van der Waals surface area contributed by atoms with Crippen molar-refractivity contribution in [3.8, 4) is 0 Å². The second kappa shape index (κ2) is 9.73. The second-order valence-corrected chi connectivity index (χ2v) is 6.37. The fraction of sp³-hybridized carbons (Fsp3) is 0.250. The van der Waals surface area contributed by atoms with Gasteiger partial charge in [-0.1, -0.05) is 35.9 Å². The van der Waals surface area contributed by atoms with Gasteiger partial charge in [0.1, 0.15) is 11.0 Å². The van der Waals surface area contributed by atoms with Crippen molar-refractivity contribution in [3.63, 3.8) is 0 Å². The molecule has 0 aliphatic carbocycles. The van der Waals surface area contributed by atoms with Crippen molar-refractivity contribution in [1.29, 1.82) is 0 Å². The SMILES string of the molecule is CN=C(NCCNc1ccc2ccccc2n1)NCCc1ccc(Cl)nc1. The van der Waals surface area contributed by atoms with Crippen LogP contribution in [0.15, 0.2) is 59.7 Å². The Balaban J connectivity index is 1.38. The number of anilines is 1. The number of halogens is 1. The normalized spacial score (nSPS) is 11.4. The maximum Gasteiger partial charge on any atom is 0.191 e. The van der Waals surface area contributed by atoms with E-state index in [4.69, 9.17) is 11.6 Å². The Labute approximate surface area is 164 Å². The molecule has 0 unspecified atom stereocenters. The van der Waals surface area contributed by atoms with E-state index in [9.17, 15) is 0 Å². The van der Waals surface area contributed by atoms with Crippen molar-refractivity contribution in [3.05, 3.63) is 65.4 Å². The fourth-order valence-electron chi connectivity index (χ4n) is 2.64. The zero-order valence-corrected chi connectivity index (χ0v) is 16.0. The topological polar surface area (TPSA) is 74.2 Å². The molecule has 140 valence electrons. The van der Waals surface area contributed by atoms with Gasteiger partial charge in [-0.05, 0) is 36.2 Å².